The number of sulfonamides is 1. The van der Waals surface area contributed by atoms with E-state index in [1.807, 2.05) is 13.8 Å². The molecule has 0 unspecified atom stereocenters. The van der Waals surface area contributed by atoms with E-state index in [2.05, 4.69) is 5.32 Å². The van der Waals surface area contributed by atoms with E-state index in [0.29, 0.717) is 27.8 Å². The minimum absolute atomic E-state index is 0.0154. The van der Waals surface area contributed by atoms with Crippen LogP contribution in [-0.2, 0) is 26.2 Å². The van der Waals surface area contributed by atoms with Crippen molar-refractivity contribution in [2.45, 2.75) is 50.7 Å². The summed E-state index contributed by atoms with van der Waals surface area (Å²) in [4.78, 5) is 28.4. The quantitative estimate of drug-likeness (QED) is 0.264. The summed E-state index contributed by atoms with van der Waals surface area (Å²) in [5, 5.41) is 3.70. The van der Waals surface area contributed by atoms with Crippen molar-refractivity contribution < 1.29 is 27.5 Å². The molecule has 3 aromatic carbocycles. The molecule has 0 aromatic heterocycles. The zero-order valence-electron chi connectivity index (χ0n) is 24.1. The molecule has 0 bridgehead atoms. The maximum absolute atomic E-state index is 14.1. The van der Waals surface area contributed by atoms with Crippen molar-refractivity contribution in [3.05, 3.63) is 82.3 Å². The lowest BCUT2D eigenvalue weighted by Crippen LogP contribution is -2.52. The molecule has 42 heavy (non-hydrogen) atoms. The van der Waals surface area contributed by atoms with E-state index < -0.39 is 28.5 Å². The first-order valence-corrected chi connectivity index (χ1v) is 15.5. The fourth-order valence-corrected chi connectivity index (χ4v) is 5.85. The highest BCUT2D eigenvalue weighted by atomic mass is 35.5. The molecule has 0 aliphatic heterocycles. The van der Waals surface area contributed by atoms with Crippen LogP contribution in [-0.4, -0.2) is 58.0 Å². The van der Waals surface area contributed by atoms with E-state index in [9.17, 15) is 18.0 Å². The van der Waals surface area contributed by atoms with Crippen molar-refractivity contribution in [2.75, 3.05) is 25.1 Å². The van der Waals surface area contributed by atoms with E-state index in [0.717, 1.165) is 4.31 Å². The van der Waals surface area contributed by atoms with Gasteiger partial charge in [0.1, 0.15) is 12.6 Å². The first-order valence-electron chi connectivity index (χ1n) is 13.3. The number of hydrogen-bond donors (Lipinski definition) is 1. The van der Waals surface area contributed by atoms with Crippen molar-refractivity contribution in [3.63, 3.8) is 0 Å². The van der Waals surface area contributed by atoms with Crippen LogP contribution in [0.3, 0.4) is 0 Å². The van der Waals surface area contributed by atoms with Crippen LogP contribution in [0.25, 0.3) is 0 Å². The van der Waals surface area contributed by atoms with Crippen LogP contribution in [0.2, 0.25) is 10.0 Å². The molecule has 9 nitrogen and oxygen atoms in total. The summed E-state index contributed by atoms with van der Waals surface area (Å²) in [6, 6.07) is 16.2. The second-order valence-corrected chi connectivity index (χ2v) is 12.3. The van der Waals surface area contributed by atoms with Gasteiger partial charge in [-0.3, -0.25) is 13.9 Å². The predicted molar refractivity (Wildman–Crippen MR) is 165 cm³/mol. The Bertz CT molecular complexity index is 1500. The Morgan fingerprint density at radius 2 is 1.57 bits per heavy atom. The molecule has 3 rings (SSSR count). The molecular formula is C30H35Cl2N3O6S. The van der Waals surface area contributed by atoms with E-state index >= 15 is 0 Å². The number of nitrogens with zero attached hydrogens (tertiary/aromatic N) is 2. The predicted octanol–water partition coefficient (Wildman–Crippen LogP) is 5.54. The molecule has 0 radical (unpaired) electrons. The lowest BCUT2D eigenvalue weighted by molar-refractivity contribution is -0.139. The van der Waals surface area contributed by atoms with Gasteiger partial charge in [-0.05, 0) is 68.3 Å². The van der Waals surface area contributed by atoms with Gasteiger partial charge in [-0.2, -0.15) is 0 Å². The normalized spacial score (nSPS) is 12.6. The first-order chi connectivity index (χ1) is 19.9. The zero-order valence-corrected chi connectivity index (χ0v) is 26.5. The summed E-state index contributed by atoms with van der Waals surface area (Å²) < 4.78 is 39.7. The first kappa shape index (κ1) is 33.0. The number of amides is 2. The van der Waals surface area contributed by atoms with Gasteiger partial charge in [0.25, 0.3) is 10.0 Å². The summed E-state index contributed by atoms with van der Waals surface area (Å²) in [5.41, 5.74) is 0.813. The van der Waals surface area contributed by atoms with Gasteiger partial charge < -0.3 is 19.7 Å². The van der Waals surface area contributed by atoms with Crippen LogP contribution in [0, 0.1) is 0 Å². The van der Waals surface area contributed by atoms with Crippen molar-refractivity contribution in [3.8, 4) is 11.5 Å². The molecule has 1 N–H and O–H groups in total. The number of carbonyl (C=O) groups excluding carboxylic acids is 2. The maximum Gasteiger partial charge on any atom is 0.264 e. The summed E-state index contributed by atoms with van der Waals surface area (Å²) in [5.74, 6) is -0.430. The Kier molecular flexibility index (Phi) is 11.5. The van der Waals surface area contributed by atoms with Gasteiger partial charge in [-0.1, -0.05) is 48.3 Å². The van der Waals surface area contributed by atoms with Crippen LogP contribution in [0.15, 0.2) is 71.6 Å². The van der Waals surface area contributed by atoms with Gasteiger partial charge in [0, 0.05) is 28.7 Å². The molecule has 0 fully saturated rings. The standard InChI is InChI=1S/C30H35Cl2N3O6S/c1-6-20(2)33-30(37)21(3)34(18-22-9-7-8-10-26(22)32)29(36)19-35(24-13-11-23(31)12-14-24)42(38,39)25-15-16-27(40-4)28(17-25)41-5/h7-17,20-21H,6,18-19H2,1-5H3,(H,33,37)/t20-,21-/m0/s1. The zero-order chi connectivity index (χ0) is 31.0. The Hall–Kier alpha value is -3.47. The summed E-state index contributed by atoms with van der Waals surface area (Å²) >= 11 is 12.5. The van der Waals surface area contributed by atoms with E-state index in [-0.39, 0.29) is 34.8 Å². The number of benzene rings is 3. The molecule has 0 heterocycles. The molecule has 2 atom stereocenters. The second-order valence-electron chi connectivity index (χ2n) is 9.61. The highest BCUT2D eigenvalue weighted by Crippen LogP contribution is 2.33. The van der Waals surface area contributed by atoms with Crippen LogP contribution in [0.5, 0.6) is 11.5 Å². The molecule has 0 saturated heterocycles. The second kappa shape index (κ2) is 14.6. The number of methoxy groups -OCH3 is 2. The Balaban J connectivity index is 2.07. The molecule has 0 saturated carbocycles. The SMILES string of the molecule is CC[C@H](C)NC(=O)[C@H](C)N(Cc1ccccc1Cl)C(=O)CN(c1ccc(Cl)cc1)S(=O)(=O)c1ccc(OC)c(OC)c1. The van der Waals surface area contributed by atoms with Crippen LogP contribution < -0.4 is 19.1 Å². The number of hydrogen-bond acceptors (Lipinski definition) is 6. The average molecular weight is 637 g/mol. The number of nitrogens with one attached hydrogen (secondary N) is 1. The van der Waals surface area contributed by atoms with Crippen LogP contribution in [0.1, 0.15) is 32.8 Å². The number of halogens is 2. The fraction of sp³-hybridized carbons (Fsp3) is 0.333. The number of anilines is 1. The number of rotatable bonds is 13. The summed E-state index contributed by atoms with van der Waals surface area (Å²) in [7, 11) is -1.49. The van der Waals surface area contributed by atoms with Crippen molar-refractivity contribution in [1.29, 1.82) is 0 Å². The van der Waals surface area contributed by atoms with E-state index in [1.54, 1.807) is 31.2 Å². The molecule has 226 valence electrons. The highest BCUT2D eigenvalue weighted by molar-refractivity contribution is 7.92. The third kappa shape index (κ3) is 7.87. The van der Waals surface area contributed by atoms with Crippen LogP contribution in [0.4, 0.5) is 5.69 Å². The largest absolute Gasteiger partial charge is 0.493 e. The molecule has 0 spiro atoms. The fourth-order valence-electron chi connectivity index (χ4n) is 4.10. The van der Waals surface area contributed by atoms with Gasteiger partial charge in [-0.25, -0.2) is 8.42 Å². The van der Waals surface area contributed by atoms with Gasteiger partial charge in [-0.15, -0.1) is 0 Å². The van der Waals surface area contributed by atoms with Gasteiger partial charge in [0.2, 0.25) is 11.8 Å². The minimum Gasteiger partial charge on any atom is -0.493 e. The topological polar surface area (TPSA) is 105 Å². The smallest absolute Gasteiger partial charge is 0.264 e. The van der Waals surface area contributed by atoms with Gasteiger partial charge in [0.15, 0.2) is 11.5 Å². The average Bonchev–Trinajstić information content (AvgIpc) is 2.98. The molecule has 12 heteroatoms. The van der Waals surface area contributed by atoms with E-state index in [4.69, 9.17) is 32.7 Å². The third-order valence-electron chi connectivity index (χ3n) is 6.80. The highest BCUT2D eigenvalue weighted by Gasteiger charge is 2.33. The third-order valence-corrected chi connectivity index (χ3v) is 9.19. The van der Waals surface area contributed by atoms with Crippen molar-refractivity contribution in [2.24, 2.45) is 0 Å². The number of ether oxygens (including phenoxy) is 2. The lowest BCUT2D eigenvalue weighted by Gasteiger charge is -2.32. The van der Waals surface area contributed by atoms with Crippen molar-refractivity contribution >= 4 is 50.7 Å². The van der Waals surface area contributed by atoms with E-state index in [1.165, 1.54) is 61.6 Å². The lowest BCUT2D eigenvalue weighted by atomic mass is 10.1. The van der Waals surface area contributed by atoms with Gasteiger partial charge >= 0.3 is 0 Å². The Morgan fingerprint density at radius 1 is 0.929 bits per heavy atom. The monoisotopic (exact) mass is 635 g/mol. The summed E-state index contributed by atoms with van der Waals surface area (Å²) in [6.07, 6.45) is 0.699. The maximum atomic E-state index is 14.1. The molecule has 0 aliphatic rings. The molecule has 0 aliphatic carbocycles. The Labute approximate surface area is 257 Å². The minimum atomic E-state index is -4.32. The molecule has 3 aromatic rings. The van der Waals surface area contributed by atoms with Gasteiger partial charge in [0.05, 0.1) is 24.8 Å². The molecular weight excluding hydrogens is 601 g/mol. The Morgan fingerprint density at radius 3 is 2.17 bits per heavy atom. The number of carbonyl (C=O) groups is 2. The molecule has 2 amide bonds. The summed E-state index contributed by atoms with van der Waals surface area (Å²) in [6.45, 7) is 4.78. The van der Waals surface area contributed by atoms with Crippen LogP contribution >= 0.6 is 23.2 Å². The van der Waals surface area contributed by atoms with Crippen molar-refractivity contribution in [1.82, 2.24) is 10.2 Å².